The van der Waals surface area contributed by atoms with Crippen molar-refractivity contribution in [3.8, 4) is 17.2 Å². The number of thiophene rings is 1. The summed E-state index contributed by atoms with van der Waals surface area (Å²) in [6.45, 7) is 2.10. The second-order valence-electron chi connectivity index (χ2n) is 7.10. The number of hydrogen-bond donors (Lipinski definition) is 3. The first-order valence-corrected chi connectivity index (χ1v) is 11.2. The SMILES string of the molecule is CCc1ccc(Nc2sc3c(-c4ccc(Cl)cc4)c(C#N)c(N)nc3c2C(=O)NC)cc1. The molecule has 4 N–H and O–H groups in total. The minimum absolute atomic E-state index is 0.0757. The van der Waals surface area contributed by atoms with Gasteiger partial charge in [-0.05, 0) is 41.8 Å². The van der Waals surface area contributed by atoms with Crippen molar-refractivity contribution in [2.75, 3.05) is 18.1 Å². The first kappa shape index (κ1) is 21.6. The molecule has 0 spiro atoms. The zero-order valence-electron chi connectivity index (χ0n) is 17.5. The van der Waals surface area contributed by atoms with Crippen LogP contribution in [0.1, 0.15) is 28.4 Å². The molecule has 0 aliphatic rings. The minimum Gasteiger partial charge on any atom is -0.383 e. The number of fused-ring (bicyclic) bond motifs is 1. The van der Waals surface area contributed by atoms with Crippen molar-refractivity contribution >= 4 is 55.6 Å². The molecule has 0 fully saturated rings. The Morgan fingerprint density at radius 2 is 1.88 bits per heavy atom. The van der Waals surface area contributed by atoms with Crippen molar-refractivity contribution in [3.05, 3.63) is 70.2 Å². The minimum atomic E-state index is -0.289. The van der Waals surface area contributed by atoms with E-state index >= 15 is 0 Å². The van der Waals surface area contributed by atoms with E-state index in [0.717, 1.165) is 17.7 Å². The highest BCUT2D eigenvalue weighted by Gasteiger charge is 2.25. The second kappa shape index (κ2) is 8.87. The van der Waals surface area contributed by atoms with E-state index in [1.807, 2.05) is 36.4 Å². The van der Waals surface area contributed by atoms with Gasteiger partial charge >= 0.3 is 0 Å². The van der Waals surface area contributed by atoms with E-state index in [4.69, 9.17) is 17.3 Å². The molecule has 4 aromatic rings. The van der Waals surface area contributed by atoms with Gasteiger partial charge in [-0.1, -0.05) is 42.8 Å². The van der Waals surface area contributed by atoms with Crippen molar-refractivity contribution in [1.29, 1.82) is 5.26 Å². The molecule has 8 heteroatoms. The van der Waals surface area contributed by atoms with Crippen LogP contribution in [-0.4, -0.2) is 17.9 Å². The predicted molar refractivity (Wildman–Crippen MR) is 132 cm³/mol. The number of anilines is 3. The highest BCUT2D eigenvalue weighted by Crippen LogP contribution is 2.44. The van der Waals surface area contributed by atoms with E-state index in [9.17, 15) is 10.1 Å². The number of carbonyl (C=O) groups excluding carboxylic acids is 1. The quantitative estimate of drug-likeness (QED) is 0.351. The molecular weight excluding hydrogens is 442 g/mol. The van der Waals surface area contributed by atoms with Gasteiger partial charge in [-0.2, -0.15) is 5.26 Å². The Morgan fingerprint density at radius 3 is 2.47 bits per heavy atom. The molecule has 160 valence electrons. The lowest BCUT2D eigenvalue weighted by Gasteiger charge is -2.09. The van der Waals surface area contributed by atoms with Gasteiger partial charge < -0.3 is 16.4 Å². The molecule has 0 bridgehead atoms. The van der Waals surface area contributed by atoms with Gasteiger partial charge in [0.25, 0.3) is 5.91 Å². The van der Waals surface area contributed by atoms with Crippen LogP contribution in [0.15, 0.2) is 48.5 Å². The number of nitrogens with zero attached hydrogens (tertiary/aromatic N) is 2. The van der Waals surface area contributed by atoms with Gasteiger partial charge in [-0.25, -0.2) is 4.98 Å². The van der Waals surface area contributed by atoms with Crippen LogP contribution >= 0.6 is 22.9 Å². The number of benzene rings is 2. The van der Waals surface area contributed by atoms with Crippen molar-refractivity contribution in [1.82, 2.24) is 10.3 Å². The summed E-state index contributed by atoms with van der Waals surface area (Å²) in [5, 5.41) is 17.0. The van der Waals surface area contributed by atoms with E-state index in [0.29, 0.717) is 31.4 Å². The van der Waals surface area contributed by atoms with E-state index in [1.54, 1.807) is 19.2 Å². The molecule has 4 rings (SSSR count). The third-order valence-electron chi connectivity index (χ3n) is 5.17. The number of nitrogen functional groups attached to an aromatic ring is 1. The number of nitriles is 1. The molecule has 0 radical (unpaired) electrons. The van der Waals surface area contributed by atoms with Crippen LogP contribution in [0, 0.1) is 11.3 Å². The van der Waals surface area contributed by atoms with E-state index < -0.39 is 0 Å². The van der Waals surface area contributed by atoms with Crippen LogP contribution in [0.4, 0.5) is 16.5 Å². The number of carbonyl (C=O) groups is 1. The van der Waals surface area contributed by atoms with Crippen LogP contribution < -0.4 is 16.4 Å². The van der Waals surface area contributed by atoms with Crippen LogP contribution in [0.5, 0.6) is 0 Å². The number of pyridine rings is 1. The lowest BCUT2D eigenvalue weighted by molar-refractivity contribution is 0.0965. The summed E-state index contributed by atoms with van der Waals surface area (Å²) >= 11 is 7.42. The summed E-state index contributed by atoms with van der Waals surface area (Å²) in [6.07, 6.45) is 0.942. The highest BCUT2D eigenvalue weighted by molar-refractivity contribution is 7.24. The van der Waals surface area contributed by atoms with Gasteiger partial charge in [0.1, 0.15) is 28.0 Å². The molecule has 1 amide bonds. The molecule has 32 heavy (non-hydrogen) atoms. The fourth-order valence-electron chi connectivity index (χ4n) is 3.50. The van der Waals surface area contributed by atoms with Crippen molar-refractivity contribution < 1.29 is 4.79 Å². The summed E-state index contributed by atoms with van der Waals surface area (Å²) in [7, 11) is 1.57. The van der Waals surface area contributed by atoms with E-state index in [-0.39, 0.29) is 17.3 Å². The summed E-state index contributed by atoms with van der Waals surface area (Å²) in [6, 6.07) is 17.3. The average Bonchev–Trinajstić information content (AvgIpc) is 3.16. The number of amides is 1. The monoisotopic (exact) mass is 461 g/mol. The normalized spacial score (nSPS) is 10.7. The van der Waals surface area contributed by atoms with Crippen LogP contribution in [-0.2, 0) is 6.42 Å². The number of rotatable bonds is 5. The molecule has 6 nitrogen and oxygen atoms in total. The fraction of sp³-hybridized carbons (Fsp3) is 0.125. The van der Waals surface area contributed by atoms with Gasteiger partial charge in [-0.3, -0.25) is 4.79 Å². The van der Waals surface area contributed by atoms with Crippen LogP contribution in [0.2, 0.25) is 5.02 Å². The number of hydrogen-bond acceptors (Lipinski definition) is 6. The first-order chi connectivity index (χ1) is 15.5. The first-order valence-electron chi connectivity index (χ1n) is 9.96. The van der Waals surface area contributed by atoms with Gasteiger partial charge in [0.05, 0.1) is 10.2 Å². The largest absolute Gasteiger partial charge is 0.383 e. The fourth-order valence-corrected chi connectivity index (χ4v) is 4.86. The van der Waals surface area contributed by atoms with Gasteiger partial charge in [0.2, 0.25) is 0 Å². The van der Waals surface area contributed by atoms with Crippen molar-refractivity contribution in [2.45, 2.75) is 13.3 Å². The van der Waals surface area contributed by atoms with E-state index in [2.05, 4.69) is 28.6 Å². The lowest BCUT2D eigenvalue weighted by atomic mass is 10.00. The summed E-state index contributed by atoms with van der Waals surface area (Å²) in [5.74, 6) is -0.214. The number of aromatic nitrogens is 1. The van der Waals surface area contributed by atoms with Crippen LogP contribution in [0.25, 0.3) is 21.3 Å². The molecule has 2 aromatic carbocycles. The summed E-state index contributed by atoms with van der Waals surface area (Å²) in [5.41, 5.74) is 10.7. The molecule has 0 saturated heterocycles. The molecule has 2 heterocycles. The third kappa shape index (κ3) is 3.86. The number of halogens is 1. The molecule has 0 atom stereocenters. The lowest BCUT2D eigenvalue weighted by Crippen LogP contribution is -2.18. The zero-order valence-corrected chi connectivity index (χ0v) is 19.1. The maximum Gasteiger partial charge on any atom is 0.256 e. The highest BCUT2D eigenvalue weighted by atomic mass is 35.5. The molecule has 0 aliphatic heterocycles. The molecule has 2 aromatic heterocycles. The van der Waals surface area contributed by atoms with Crippen molar-refractivity contribution in [2.24, 2.45) is 0 Å². The number of nitrogens with two attached hydrogens (primary N) is 1. The van der Waals surface area contributed by atoms with Gasteiger partial charge in [0.15, 0.2) is 0 Å². The average molecular weight is 462 g/mol. The van der Waals surface area contributed by atoms with Crippen LogP contribution in [0.3, 0.4) is 0 Å². The Morgan fingerprint density at radius 1 is 1.19 bits per heavy atom. The third-order valence-corrected chi connectivity index (χ3v) is 6.53. The van der Waals surface area contributed by atoms with Crippen molar-refractivity contribution in [3.63, 3.8) is 0 Å². The molecular formula is C24H20ClN5OS. The Bertz CT molecular complexity index is 1350. The maximum atomic E-state index is 12.9. The summed E-state index contributed by atoms with van der Waals surface area (Å²) < 4.78 is 0.698. The number of nitrogens with one attached hydrogen (secondary N) is 2. The smallest absolute Gasteiger partial charge is 0.256 e. The van der Waals surface area contributed by atoms with Gasteiger partial charge in [0, 0.05) is 23.3 Å². The van der Waals surface area contributed by atoms with Gasteiger partial charge in [-0.15, -0.1) is 11.3 Å². The Hall–Kier alpha value is -3.60. The topological polar surface area (TPSA) is 104 Å². The maximum absolute atomic E-state index is 12.9. The zero-order chi connectivity index (χ0) is 22.8. The number of aryl methyl sites for hydroxylation is 1. The molecule has 0 aliphatic carbocycles. The Balaban J connectivity index is 1.98. The predicted octanol–water partition coefficient (Wildman–Crippen LogP) is 5.74. The second-order valence-corrected chi connectivity index (χ2v) is 8.56. The Labute approximate surface area is 194 Å². The standard InChI is InChI=1S/C24H20ClN5OS/c1-3-13-4-10-16(11-5-13)29-24-19(23(31)28-2)20-21(32-24)18(17(12-26)22(27)30-20)14-6-8-15(25)9-7-14/h4-11,29H,3H2,1-2H3,(H2,27,30)(H,28,31). The van der Waals surface area contributed by atoms with E-state index in [1.165, 1.54) is 16.9 Å². The summed E-state index contributed by atoms with van der Waals surface area (Å²) in [4.78, 5) is 17.3. The Kier molecular flexibility index (Phi) is 5.99. The molecule has 0 saturated carbocycles. The molecule has 0 unspecified atom stereocenters.